The second-order valence-electron chi connectivity index (χ2n) is 9.07. The first-order valence-corrected chi connectivity index (χ1v) is 12.2. The Morgan fingerprint density at radius 2 is 1.72 bits per heavy atom. The summed E-state index contributed by atoms with van der Waals surface area (Å²) >= 11 is 0. The van der Waals surface area contributed by atoms with Crippen molar-refractivity contribution in [2.45, 2.75) is 32.7 Å². The maximum Gasteiger partial charge on any atom is 0.251 e. The molecule has 0 aliphatic carbocycles. The molecule has 0 spiro atoms. The van der Waals surface area contributed by atoms with Crippen LogP contribution in [0.3, 0.4) is 0 Å². The van der Waals surface area contributed by atoms with E-state index in [2.05, 4.69) is 21.2 Å². The highest BCUT2D eigenvalue weighted by atomic mass is 16.1. The summed E-state index contributed by atoms with van der Waals surface area (Å²) in [5.74, 6) is 4.07. The third kappa shape index (κ3) is 6.00. The van der Waals surface area contributed by atoms with Crippen molar-refractivity contribution >= 4 is 22.8 Å². The summed E-state index contributed by atoms with van der Waals surface area (Å²) in [5.41, 5.74) is 11.3. The summed E-state index contributed by atoms with van der Waals surface area (Å²) < 4.78 is 0. The number of aliphatic imine (C=N–C) groups is 1. The van der Waals surface area contributed by atoms with Crippen molar-refractivity contribution in [3.8, 4) is 23.5 Å². The number of rotatable bonds is 9. The van der Waals surface area contributed by atoms with Gasteiger partial charge in [-0.15, -0.1) is 6.42 Å². The number of hydrogen-bond acceptors (Lipinski definition) is 3. The number of benzene rings is 3. The summed E-state index contributed by atoms with van der Waals surface area (Å²) in [6.07, 6.45) is 6.89. The Bertz CT molecular complexity index is 1360. The lowest BCUT2D eigenvalue weighted by Gasteiger charge is -2.17. The fourth-order valence-corrected chi connectivity index (χ4v) is 3.92. The minimum absolute atomic E-state index is 0.153. The van der Waals surface area contributed by atoms with E-state index in [0.717, 1.165) is 40.0 Å². The van der Waals surface area contributed by atoms with Gasteiger partial charge in [-0.3, -0.25) is 9.79 Å². The molecule has 0 saturated heterocycles. The first kappa shape index (κ1) is 24.7. The van der Waals surface area contributed by atoms with Crippen LogP contribution in [0.15, 0.2) is 77.8 Å². The Labute approximate surface area is 212 Å². The van der Waals surface area contributed by atoms with Crippen LogP contribution in [-0.4, -0.2) is 28.3 Å². The van der Waals surface area contributed by atoms with Crippen molar-refractivity contribution in [3.63, 3.8) is 0 Å². The molecule has 0 saturated carbocycles. The number of fused-ring (bicyclic) bond motifs is 1. The normalized spacial score (nSPS) is 12.4. The van der Waals surface area contributed by atoms with Gasteiger partial charge in [0.2, 0.25) is 0 Å². The Morgan fingerprint density at radius 1 is 1.06 bits per heavy atom. The van der Waals surface area contributed by atoms with Gasteiger partial charge >= 0.3 is 0 Å². The molecule has 6 heteroatoms. The number of terminal acetylenes is 1. The molecule has 1 aromatic heterocycles. The zero-order chi connectivity index (χ0) is 25.5. The maximum atomic E-state index is 13.2. The summed E-state index contributed by atoms with van der Waals surface area (Å²) in [5, 5.41) is 3.16. The highest BCUT2D eigenvalue weighted by molar-refractivity contribution is 5.95. The van der Waals surface area contributed by atoms with Gasteiger partial charge in [0.1, 0.15) is 5.82 Å². The van der Waals surface area contributed by atoms with Crippen LogP contribution in [0.5, 0.6) is 0 Å². The van der Waals surface area contributed by atoms with Gasteiger partial charge in [-0.2, -0.15) is 0 Å². The fourth-order valence-electron chi connectivity index (χ4n) is 3.92. The second-order valence-corrected chi connectivity index (χ2v) is 9.07. The quantitative estimate of drug-likeness (QED) is 0.129. The molecule has 4 N–H and O–H groups in total. The lowest BCUT2D eigenvalue weighted by Crippen LogP contribution is -2.29. The van der Waals surface area contributed by atoms with Gasteiger partial charge in [-0.05, 0) is 60.4 Å². The third-order valence-corrected chi connectivity index (χ3v) is 6.11. The Hall–Kier alpha value is -4.37. The molecule has 6 nitrogen and oxygen atoms in total. The zero-order valence-electron chi connectivity index (χ0n) is 20.7. The van der Waals surface area contributed by atoms with E-state index in [1.54, 1.807) is 0 Å². The second kappa shape index (κ2) is 11.4. The van der Waals surface area contributed by atoms with Crippen molar-refractivity contribution in [3.05, 3.63) is 89.7 Å². The van der Waals surface area contributed by atoms with Crippen molar-refractivity contribution < 1.29 is 4.79 Å². The Morgan fingerprint density at radius 3 is 2.36 bits per heavy atom. The van der Waals surface area contributed by atoms with Crippen molar-refractivity contribution in [1.29, 1.82) is 0 Å². The number of amidine groups is 1. The van der Waals surface area contributed by atoms with Crippen LogP contribution in [0.25, 0.3) is 22.2 Å². The van der Waals surface area contributed by atoms with E-state index in [1.165, 1.54) is 0 Å². The number of amides is 1. The zero-order valence-corrected chi connectivity index (χ0v) is 20.7. The molecule has 0 bridgehead atoms. The standard InChI is InChI=1S/C30H31N5O/c1-4-21-11-13-22(14-12-21)23-15-17-24(18-16-23)30(36)35-27(10-7-19-32-28(31)20(2)3)29-33-25-8-5-6-9-26(25)34-29/h1,5-6,8-9,11-18,20,27H,7,10,19H2,2-3H3,(H2,31,32)(H,33,34)(H,35,36)/t27-/m0/s1. The Kier molecular flexibility index (Phi) is 7.82. The van der Waals surface area contributed by atoms with Gasteiger partial charge in [-0.25, -0.2) is 4.98 Å². The molecule has 0 aliphatic heterocycles. The fraction of sp³-hybridized carbons (Fsp3) is 0.233. The number of aromatic nitrogens is 2. The highest BCUT2D eigenvalue weighted by Gasteiger charge is 2.19. The summed E-state index contributed by atoms with van der Waals surface area (Å²) in [4.78, 5) is 25.7. The van der Waals surface area contributed by atoms with E-state index in [4.69, 9.17) is 17.1 Å². The topological polar surface area (TPSA) is 96.2 Å². The van der Waals surface area contributed by atoms with E-state index in [9.17, 15) is 4.79 Å². The molecule has 1 heterocycles. The van der Waals surface area contributed by atoms with Crippen molar-refractivity contribution in [1.82, 2.24) is 15.3 Å². The number of para-hydroxylation sites is 2. The minimum atomic E-state index is -0.281. The molecule has 0 radical (unpaired) electrons. The third-order valence-electron chi connectivity index (χ3n) is 6.11. The monoisotopic (exact) mass is 477 g/mol. The molecule has 1 amide bonds. The predicted molar refractivity (Wildman–Crippen MR) is 147 cm³/mol. The summed E-state index contributed by atoms with van der Waals surface area (Å²) in [6, 6.07) is 22.9. The van der Waals surface area contributed by atoms with Gasteiger partial charge in [-0.1, -0.05) is 56.2 Å². The smallest absolute Gasteiger partial charge is 0.251 e. The van der Waals surface area contributed by atoms with Gasteiger partial charge in [0.15, 0.2) is 0 Å². The number of aromatic amines is 1. The predicted octanol–water partition coefficient (Wildman–Crippen LogP) is 5.48. The van der Waals surface area contributed by atoms with E-state index in [1.807, 2.05) is 86.6 Å². The number of nitrogens with zero attached hydrogens (tertiary/aromatic N) is 2. The van der Waals surface area contributed by atoms with Crippen molar-refractivity contribution in [2.75, 3.05) is 6.54 Å². The van der Waals surface area contributed by atoms with Gasteiger partial charge in [0.05, 0.1) is 22.9 Å². The van der Waals surface area contributed by atoms with E-state index in [-0.39, 0.29) is 17.9 Å². The largest absolute Gasteiger partial charge is 0.387 e. The molecule has 1 atom stereocenters. The molecule has 182 valence electrons. The number of hydrogen-bond donors (Lipinski definition) is 3. The van der Waals surface area contributed by atoms with Gasteiger partial charge in [0.25, 0.3) is 5.91 Å². The number of imidazole rings is 1. The number of nitrogens with one attached hydrogen (secondary N) is 2. The average molecular weight is 478 g/mol. The molecular formula is C30H31N5O. The molecule has 0 aliphatic rings. The Balaban J connectivity index is 1.49. The van der Waals surface area contributed by atoms with E-state index in [0.29, 0.717) is 24.4 Å². The molecule has 4 rings (SSSR count). The lowest BCUT2D eigenvalue weighted by atomic mass is 10.0. The van der Waals surface area contributed by atoms with Crippen molar-refractivity contribution in [2.24, 2.45) is 16.6 Å². The van der Waals surface area contributed by atoms with Crippen LogP contribution in [0, 0.1) is 18.3 Å². The van der Waals surface area contributed by atoms with Gasteiger partial charge < -0.3 is 16.0 Å². The van der Waals surface area contributed by atoms with E-state index < -0.39 is 0 Å². The van der Waals surface area contributed by atoms with Gasteiger partial charge in [0, 0.05) is 23.6 Å². The summed E-state index contributed by atoms with van der Waals surface area (Å²) in [7, 11) is 0. The number of H-pyrrole nitrogens is 1. The van der Waals surface area contributed by atoms with Crippen LogP contribution in [0.4, 0.5) is 0 Å². The molecule has 36 heavy (non-hydrogen) atoms. The van der Waals surface area contributed by atoms with E-state index >= 15 is 0 Å². The number of nitrogens with two attached hydrogens (primary N) is 1. The van der Waals surface area contributed by atoms with Crippen LogP contribution >= 0.6 is 0 Å². The first-order chi connectivity index (χ1) is 17.4. The number of carbonyl (C=O) groups excluding carboxylic acids is 1. The first-order valence-electron chi connectivity index (χ1n) is 12.2. The van der Waals surface area contributed by atoms with Crippen LogP contribution < -0.4 is 11.1 Å². The minimum Gasteiger partial charge on any atom is -0.387 e. The molecule has 0 unspecified atom stereocenters. The lowest BCUT2D eigenvalue weighted by molar-refractivity contribution is 0.0932. The molecule has 4 aromatic rings. The number of carbonyl (C=O) groups is 1. The van der Waals surface area contributed by atoms with Crippen LogP contribution in [-0.2, 0) is 0 Å². The molecular weight excluding hydrogens is 446 g/mol. The SMILES string of the molecule is C#Cc1ccc(-c2ccc(C(=O)N[C@@H](CCCN=C(N)C(C)C)c3nc4ccccc4[nH]3)cc2)cc1. The highest BCUT2D eigenvalue weighted by Crippen LogP contribution is 2.23. The summed E-state index contributed by atoms with van der Waals surface area (Å²) in [6.45, 7) is 4.64. The average Bonchev–Trinajstić information content (AvgIpc) is 3.34. The molecule has 0 fully saturated rings. The van der Waals surface area contributed by atoms with Crippen LogP contribution in [0.1, 0.15) is 54.5 Å². The maximum absolute atomic E-state index is 13.2. The van der Waals surface area contributed by atoms with Crippen LogP contribution in [0.2, 0.25) is 0 Å². The molecule has 3 aromatic carbocycles.